The third kappa shape index (κ3) is 9.02. The van der Waals surface area contributed by atoms with E-state index in [1.807, 2.05) is 6.92 Å². The van der Waals surface area contributed by atoms with Crippen molar-refractivity contribution in [3.8, 4) is 17.6 Å². The predicted octanol–water partition coefficient (Wildman–Crippen LogP) is 3.32. The summed E-state index contributed by atoms with van der Waals surface area (Å²) in [5.74, 6) is 6.35. The number of carbonyl (C=O) groups excluding carboxylic acids is 2. The fraction of sp³-hybridized carbons (Fsp3) is 0.474. The summed E-state index contributed by atoms with van der Waals surface area (Å²) < 4.78 is 10.3. The predicted molar refractivity (Wildman–Crippen MR) is 97.3 cm³/mol. The van der Waals surface area contributed by atoms with E-state index in [1.54, 1.807) is 18.2 Å². The Labute approximate surface area is 153 Å². The van der Waals surface area contributed by atoms with Crippen molar-refractivity contribution in [2.24, 2.45) is 11.7 Å². The summed E-state index contributed by atoms with van der Waals surface area (Å²) in [6.07, 6.45) is 2.63. The summed E-state index contributed by atoms with van der Waals surface area (Å²) in [6, 6.07) is 5.31. The molecule has 0 fully saturated rings. The Morgan fingerprint density at radius 3 is 2.76 bits per heavy atom. The molecule has 0 spiro atoms. The van der Waals surface area contributed by atoms with Gasteiger partial charge >= 0.3 is 5.97 Å². The van der Waals surface area contributed by atoms with Crippen LogP contribution in [0.3, 0.4) is 0 Å². The Balaban J connectivity index is 2.53. The summed E-state index contributed by atoms with van der Waals surface area (Å²) in [5.41, 5.74) is 5.82. The summed E-state index contributed by atoms with van der Waals surface area (Å²) in [4.78, 5) is 21.8. The molecule has 1 rings (SSSR count). The smallest absolute Gasteiger partial charge is 0.305 e. The largest absolute Gasteiger partial charge is 0.493 e. The van der Waals surface area contributed by atoms with Gasteiger partial charge in [-0.3, -0.25) is 9.59 Å². The first-order chi connectivity index (χ1) is 11.9. The van der Waals surface area contributed by atoms with Crippen LogP contribution >= 0.6 is 11.6 Å². The van der Waals surface area contributed by atoms with Crippen molar-refractivity contribution in [2.75, 3.05) is 13.7 Å². The second kappa shape index (κ2) is 11.4. The second-order valence-electron chi connectivity index (χ2n) is 5.79. The van der Waals surface area contributed by atoms with E-state index in [1.165, 1.54) is 7.11 Å². The van der Waals surface area contributed by atoms with Gasteiger partial charge in [0, 0.05) is 24.8 Å². The maximum absolute atomic E-state index is 11.0. The summed E-state index contributed by atoms with van der Waals surface area (Å²) in [5, 5.41) is 0.551. The van der Waals surface area contributed by atoms with Gasteiger partial charge in [-0.1, -0.05) is 30.4 Å². The number of benzene rings is 1. The molecule has 2 N–H and O–H groups in total. The van der Waals surface area contributed by atoms with Crippen LogP contribution in [0, 0.1) is 17.8 Å². The average Bonchev–Trinajstić information content (AvgIpc) is 2.59. The number of rotatable bonds is 9. The van der Waals surface area contributed by atoms with Crippen molar-refractivity contribution in [2.45, 2.75) is 39.0 Å². The van der Waals surface area contributed by atoms with Crippen LogP contribution in [-0.2, 0) is 14.3 Å². The van der Waals surface area contributed by atoms with Gasteiger partial charge in [-0.2, -0.15) is 0 Å². The highest BCUT2D eigenvalue weighted by atomic mass is 35.5. The Kier molecular flexibility index (Phi) is 9.49. The van der Waals surface area contributed by atoms with Gasteiger partial charge in [-0.15, -0.1) is 0 Å². The van der Waals surface area contributed by atoms with E-state index in [0.29, 0.717) is 55.0 Å². The van der Waals surface area contributed by atoms with Crippen molar-refractivity contribution in [3.63, 3.8) is 0 Å². The summed E-state index contributed by atoms with van der Waals surface area (Å²) in [6.45, 7) is 2.49. The first-order valence-electron chi connectivity index (χ1n) is 8.18. The number of hydrogen-bond donors (Lipinski definition) is 1. The Hall–Kier alpha value is -2.19. The van der Waals surface area contributed by atoms with Gasteiger partial charge in [0.2, 0.25) is 5.91 Å². The van der Waals surface area contributed by atoms with Gasteiger partial charge in [0.25, 0.3) is 0 Å². The van der Waals surface area contributed by atoms with Crippen molar-refractivity contribution in [1.29, 1.82) is 0 Å². The zero-order valence-corrected chi connectivity index (χ0v) is 15.4. The Morgan fingerprint density at radius 2 is 2.08 bits per heavy atom. The van der Waals surface area contributed by atoms with Crippen LogP contribution in [0.2, 0.25) is 5.02 Å². The number of halogens is 1. The maximum atomic E-state index is 11.0. The number of nitrogens with two attached hydrogens (primary N) is 1. The number of esters is 1. The molecule has 0 aliphatic heterocycles. The zero-order valence-electron chi connectivity index (χ0n) is 14.6. The lowest BCUT2D eigenvalue weighted by molar-refractivity contribution is -0.140. The first kappa shape index (κ1) is 20.9. The lowest BCUT2D eigenvalue weighted by Crippen LogP contribution is -2.15. The molecular formula is C19H24ClNO4. The molecular weight excluding hydrogens is 342 g/mol. The third-order valence-corrected chi connectivity index (χ3v) is 3.82. The molecule has 1 atom stereocenters. The van der Waals surface area contributed by atoms with Crippen LogP contribution in [0.25, 0.3) is 0 Å². The van der Waals surface area contributed by atoms with Crippen LogP contribution in [0.5, 0.6) is 5.75 Å². The molecule has 5 nitrogen and oxygen atoms in total. The van der Waals surface area contributed by atoms with Crippen LogP contribution in [-0.4, -0.2) is 25.6 Å². The number of amides is 1. The number of hydrogen-bond acceptors (Lipinski definition) is 4. The standard InChI is InChI=1S/C19H24ClNO4/c1-14(8-11-18(21)22)13-25-16-9-10-17(20)15(12-16)6-4-3-5-7-19(23)24-2/h9-10,12,14H,3,5,7-8,11,13H2,1-2H3,(H2,21,22)/t14-/m0/s1. The average molecular weight is 366 g/mol. The molecule has 0 aromatic heterocycles. The minimum atomic E-state index is -0.303. The minimum absolute atomic E-state index is 0.219. The van der Waals surface area contributed by atoms with Crippen LogP contribution < -0.4 is 10.5 Å². The molecule has 1 amide bonds. The van der Waals surface area contributed by atoms with Gasteiger partial charge in [0.15, 0.2) is 0 Å². The molecule has 0 saturated carbocycles. The van der Waals surface area contributed by atoms with E-state index in [2.05, 4.69) is 16.6 Å². The summed E-state index contributed by atoms with van der Waals surface area (Å²) in [7, 11) is 1.37. The molecule has 0 unspecified atom stereocenters. The van der Waals surface area contributed by atoms with Crippen LogP contribution in [0.1, 0.15) is 44.6 Å². The third-order valence-electron chi connectivity index (χ3n) is 3.49. The van der Waals surface area contributed by atoms with E-state index < -0.39 is 0 Å². The van der Waals surface area contributed by atoms with Crippen molar-refractivity contribution < 1.29 is 19.1 Å². The van der Waals surface area contributed by atoms with E-state index in [9.17, 15) is 9.59 Å². The van der Waals surface area contributed by atoms with Crippen LogP contribution in [0.15, 0.2) is 18.2 Å². The summed E-state index contributed by atoms with van der Waals surface area (Å²) >= 11 is 6.15. The molecule has 0 aliphatic rings. The van der Waals surface area contributed by atoms with Gasteiger partial charge in [-0.05, 0) is 37.0 Å². The molecule has 136 valence electrons. The molecule has 0 bridgehead atoms. The van der Waals surface area contributed by atoms with E-state index in [-0.39, 0.29) is 17.8 Å². The van der Waals surface area contributed by atoms with Crippen molar-refractivity contribution in [1.82, 2.24) is 0 Å². The Morgan fingerprint density at radius 1 is 1.32 bits per heavy atom. The van der Waals surface area contributed by atoms with Crippen molar-refractivity contribution in [3.05, 3.63) is 28.8 Å². The van der Waals surface area contributed by atoms with Gasteiger partial charge in [0.1, 0.15) is 5.75 Å². The van der Waals surface area contributed by atoms with Gasteiger partial charge < -0.3 is 15.2 Å². The zero-order chi connectivity index (χ0) is 18.7. The normalized spacial score (nSPS) is 11.2. The molecule has 0 aliphatic carbocycles. The molecule has 0 heterocycles. The monoisotopic (exact) mass is 365 g/mol. The SMILES string of the molecule is COC(=O)CCCC#Cc1cc(OC[C@@H](C)CCC(N)=O)ccc1Cl. The highest BCUT2D eigenvalue weighted by Gasteiger charge is 2.07. The molecule has 0 radical (unpaired) electrons. The first-order valence-corrected chi connectivity index (χ1v) is 8.56. The highest BCUT2D eigenvalue weighted by Crippen LogP contribution is 2.22. The van der Waals surface area contributed by atoms with Crippen molar-refractivity contribution >= 4 is 23.5 Å². The maximum Gasteiger partial charge on any atom is 0.305 e. The molecule has 0 saturated heterocycles. The molecule has 1 aromatic carbocycles. The van der Waals surface area contributed by atoms with Gasteiger partial charge in [-0.25, -0.2) is 0 Å². The number of ether oxygens (including phenoxy) is 2. The number of primary amides is 1. The van der Waals surface area contributed by atoms with Gasteiger partial charge in [0.05, 0.1) is 18.7 Å². The molecule has 6 heteroatoms. The topological polar surface area (TPSA) is 78.6 Å². The lowest BCUT2D eigenvalue weighted by Gasteiger charge is -2.12. The number of unbranched alkanes of at least 4 members (excludes halogenated alkanes) is 1. The minimum Gasteiger partial charge on any atom is -0.493 e. The fourth-order valence-electron chi connectivity index (χ4n) is 1.98. The van der Waals surface area contributed by atoms with E-state index >= 15 is 0 Å². The van der Waals surface area contributed by atoms with Crippen LogP contribution in [0.4, 0.5) is 0 Å². The highest BCUT2D eigenvalue weighted by molar-refractivity contribution is 6.31. The Bertz CT molecular complexity index is 649. The molecule has 25 heavy (non-hydrogen) atoms. The fourth-order valence-corrected chi connectivity index (χ4v) is 2.15. The van der Waals surface area contributed by atoms with E-state index in [0.717, 1.165) is 0 Å². The number of carbonyl (C=O) groups is 2. The second-order valence-corrected chi connectivity index (χ2v) is 6.20. The number of methoxy groups -OCH3 is 1. The quantitative estimate of drug-likeness (QED) is 0.413. The molecule has 1 aromatic rings. The van der Waals surface area contributed by atoms with E-state index in [4.69, 9.17) is 22.1 Å². The lowest BCUT2D eigenvalue weighted by atomic mass is 10.1.